The average Bonchev–Trinajstić information content (AvgIpc) is 2.29. The summed E-state index contributed by atoms with van der Waals surface area (Å²) in [6.07, 6.45) is 12.8. The van der Waals surface area contributed by atoms with Crippen LogP contribution in [-0.4, -0.2) is 45.3 Å². The highest BCUT2D eigenvalue weighted by molar-refractivity contribution is 4.50. The third kappa shape index (κ3) is 20.9. The van der Waals surface area contributed by atoms with E-state index in [9.17, 15) is 0 Å². The number of rotatable bonds is 13. The fourth-order valence-electron chi connectivity index (χ4n) is 2.10. The van der Waals surface area contributed by atoms with Crippen molar-refractivity contribution in [1.29, 1.82) is 0 Å². The monoisotopic (exact) mass is 336 g/mol. The minimum absolute atomic E-state index is 0. The van der Waals surface area contributed by atoms with Gasteiger partial charge in [0.25, 0.3) is 0 Å². The van der Waals surface area contributed by atoms with Crippen LogP contribution in [0.4, 0.5) is 0 Å². The van der Waals surface area contributed by atoms with Crippen LogP contribution in [0, 0.1) is 0 Å². The molecule has 0 aliphatic heterocycles. The molecule has 0 fully saturated rings. The van der Waals surface area contributed by atoms with Gasteiger partial charge < -0.3 is 26.8 Å². The molecule has 0 amide bonds. The fourth-order valence-corrected chi connectivity index (χ4v) is 2.10. The zero-order chi connectivity index (χ0) is 13.7. The van der Waals surface area contributed by atoms with Gasteiger partial charge in [0.15, 0.2) is 0 Å². The number of hydrogen-bond acceptors (Lipinski definition) is 1. The van der Waals surface area contributed by atoms with Gasteiger partial charge in [-0.15, -0.1) is 0 Å². The van der Waals surface area contributed by atoms with Gasteiger partial charge in [-0.3, -0.25) is 0 Å². The smallest absolute Gasteiger partial charge is 0.0907 e. The van der Waals surface area contributed by atoms with Gasteiger partial charge in [0.05, 0.1) is 27.7 Å². The first-order valence-corrected chi connectivity index (χ1v) is 8.07. The van der Waals surface area contributed by atoms with Crippen molar-refractivity contribution in [1.82, 2.24) is 5.32 Å². The van der Waals surface area contributed by atoms with E-state index < -0.39 is 0 Å². The molecule has 0 rings (SSSR count). The molecule has 0 aromatic rings. The van der Waals surface area contributed by atoms with Crippen LogP contribution in [0.3, 0.4) is 0 Å². The summed E-state index contributed by atoms with van der Waals surface area (Å²) in [5.41, 5.74) is 0. The number of unbranched alkanes of at least 4 members (excludes halogenated alkanes) is 8. The summed E-state index contributed by atoms with van der Waals surface area (Å²) in [6, 6.07) is 0. The third-order valence-electron chi connectivity index (χ3n) is 3.42. The molecule has 0 aliphatic rings. The van der Waals surface area contributed by atoms with E-state index in [1.54, 1.807) is 0 Å². The van der Waals surface area contributed by atoms with Crippen LogP contribution in [0.2, 0.25) is 0 Å². The zero-order valence-electron chi connectivity index (χ0n) is 13.8. The third-order valence-corrected chi connectivity index (χ3v) is 3.42. The summed E-state index contributed by atoms with van der Waals surface area (Å²) >= 11 is 0. The van der Waals surface area contributed by atoms with Gasteiger partial charge in [0.2, 0.25) is 0 Å². The van der Waals surface area contributed by atoms with Gasteiger partial charge in [-0.1, -0.05) is 58.3 Å². The maximum atomic E-state index is 3.55. The first kappa shape index (κ1) is 21.7. The standard InChI is InChI=1S/C16H37N2.BrH/c1-5-6-7-8-9-10-11-12-13-14-17-15-16-18(2,3)4;/h17H,5-16H2,1-4H3;1H/q+1;/p-1. The Morgan fingerprint density at radius 2 is 1.16 bits per heavy atom. The van der Waals surface area contributed by atoms with E-state index in [0.717, 1.165) is 11.0 Å². The van der Waals surface area contributed by atoms with Gasteiger partial charge in [0, 0.05) is 6.54 Å². The molecule has 0 aromatic carbocycles. The molecule has 0 saturated heterocycles. The number of likely N-dealkylation sites (N-methyl/N-ethyl adjacent to an activating group) is 1. The molecule has 1 N–H and O–H groups in total. The topological polar surface area (TPSA) is 12.0 Å². The number of nitrogens with one attached hydrogen (secondary N) is 1. The fraction of sp³-hybridized carbons (Fsp3) is 1.00. The SMILES string of the molecule is CCCCCCCCCCCNCC[N+](C)(C)C.[Br-]. The second-order valence-corrected chi connectivity index (χ2v) is 6.59. The highest BCUT2D eigenvalue weighted by atomic mass is 79.9. The Balaban J connectivity index is 0. The van der Waals surface area contributed by atoms with Gasteiger partial charge in [0.1, 0.15) is 0 Å². The van der Waals surface area contributed by atoms with Crippen LogP contribution in [0.25, 0.3) is 0 Å². The lowest BCUT2D eigenvalue weighted by Crippen LogP contribution is -3.00. The molecular formula is C16H37BrN2. The number of quaternary nitrogens is 1. The van der Waals surface area contributed by atoms with E-state index in [-0.39, 0.29) is 17.0 Å². The molecule has 0 heterocycles. The predicted octanol–water partition coefficient (Wildman–Crippen LogP) is 0.817. The normalized spacial score (nSPS) is 11.4. The van der Waals surface area contributed by atoms with Gasteiger partial charge in [-0.2, -0.15) is 0 Å². The van der Waals surface area contributed by atoms with E-state index in [0.29, 0.717) is 0 Å². The van der Waals surface area contributed by atoms with Crippen molar-refractivity contribution >= 4 is 0 Å². The minimum atomic E-state index is 0. The molecule has 0 unspecified atom stereocenters. The molecule has 0 radical (unpaired) electrons. The lowest BCUT2D eigenvalue weighted by atomic mass is 10.1. The van der Waals surface area contributed by atoms with Crippen LogP contribution in [0.15, 0.2) is 0 Å². The largest absolute Gasteiger partial charge is 1.00 e. The van der Waals surface area contributed by atoms with Crippen molar-refractivity contribution in [3.63, 3.8) is 0 Å². The molecule has 3 heteroatoms. The second kappa shape index (κ2) is 14.8. The van der Waals surface area contributed by atoms with Crippen molar-refractivity contribution in [2.45, 2.75) is 64.7 Å². The molecule has 0 saturated carbocycles. The van der Waals surface area contributed by atoms with E-state index in [1.165, 1.54) is 70.9 Å². The Kier molecular flexibility index (Phi) is 16.9. The summed E-state index contributed by atoms with van der Waals surface area (Å²) in [4.78, 5) is 0. The Hall–Kier alpha value is 0.400. The van der Waals surface area contributed by atoms with Crippen LogP contribution < -0.4 is 22.3 Å². The van der Waals surface area contributed by atoms with Crippen LogP contribution in [0.1, 0.15) is 64.7 Å². The summed E-state index contributed by atoms with van der Waals surface area (Å²) < 4.78 is 1.06. The Labute approximate surface area is 132 Å². The summed E-state index contributed by atoms with van der Waals surface area (Å²) in [6.45, 7) is 5.86. The first-order chi connectivity index (χ1) is 8.56. The average molecular weight is 337 g/mol. The summed E-state index contributed by atoms with van der Waals surface area (Å²) in [5, 5.41) is 3.55. The lowest BCUT2D eigenvalue weighted by molar-refractivity contribution is -0.869. The molecule has 19 heavy (non-hydrogen) atoms. The van der Waals surface area contributed by atoms with Crippen LogP contribution >= 0.6 is 0 Å². The van der Waals surface area contributed by atoms with Gasteiger partial charge >= 0.3 is 0 Å². The lowest BCUT2D eigenvalue weighted by Gasteiger charge is -2.23. The van der Waals surface area contributed by atoms with Gasteiger partial charge in [-0.25, -0.2) is 0 Å². The van der Waals surface area contributed by atoms with E-state index >= 15 is 0 Å². The number of halogens is 1. The van der Waals surface area contributed by atoms with E-state index in [4.69, 9.17) is 0 Å². The number of hydrogen-bond donors (Lipinski definition) is 1. The van der Waals surface area contributed by atoms with Crippen molar-refractivity contribution in [2.75, 3.05) is 40.8 Å². The van der Waals surface area contributed by atoms with Gasteiger partial charge in [-0.05, 0) is 13.0 Å². The summed E-state index contributed by atoms with van der Waals surface area (Å²) in [7, 11) is 6.75. The second-order valence-electron chi connectivity index (χ2n) is 6.59. The van der Waals surface area contributed by atoms with Crippen molar-refractivity contribution in [3.8, 4) is 0 Å². The van der Waals surface area contributed by atoms with E-state index in [2.05, 4.69) is 33.4 Å². The van der Waals surface area contributed by atoms with Crippen LogP contribution in [-0.2, 0) is 0 Å². The molecule has 0 bridgehead atoms. The maximum Gasteiger partial charge on any atom is 0.0907 e. The molecular weight excluding hydrogens is 300 g/mol. The summed E-state index contributed by atoms with van der Waals surface area (Å²) in [5.74, 6) is 0. The molecule has 0 aromatic heterocycles. The highest BCUT2D eigenvalue weighted by Crippen LogP contribution is 2.09. The zero-order valence-corrected chi connectivity index (χ0v) is 15.4. The quantitative estimate of drug-likeness (QED) is 0.388. The Morgan fingerprint density at radius 3 is 1.63 bits per heavy atom. The van der Waals surface area contributed by atoms with Crippen molar-refractivity contribution < 1.29 is 21.5 Å². The molecule has 2 nitrogen and oxygen atoms in total. The molecule has 0 atom stereocenters. The van der Waals surface area contributed by atoms with E-state index in [1.807, 2.05) is 0 Å². The Morgan fingerprint density at radius 1 is 0.684 bits per heavy atom. The Bertz CT molecular complexity index is 167. The van der Waals surface area contributed by atoms with Crippen molar-refractivity contribution in [2.24, 2.45) is 0 Å². The molecule has 118 valence electrons. The molecule has 0 spiro atoms. The van der Waals surface area contributed by atoms with Crippen LogP contribution in [0.5, 0.6) is 0 Å². The van der Waals surface area contributed by atoms with Crippen molar-refractivity contribution in [3.05, 3.63) is 0 Å². The predicted molar refractivity (Wildman–Crippen MR) is 83.0 cm³/mol. The molecule has 0 aliphatic carbocycles. The first-order valence-electron chi connectivity index (χ1n) is 8.07. The minimum Gasteiger partial charge on any atom is -1.00 e. The maximum absolute atomic E-state index is 3.55. The number of nitrogens with zero attached hydrogens (tertiary/aromatic N) is 1. The highest BCUT2D eigenvalue weighted by Gasteiger charge is 2.04.